The number of hydrogen-bond donors (Lipinski definition) is 2. The lowest BCUT2D eigenvalue weighted by Gasteiger charge is -2.07. The Bertz CT molecular complexity index is 1130. The van der Waals surface area contributed by atoms with Gasteiger partial charge in [-0.15, -0.1) is 0 Å². The molecule has 0 fully saturated rings. The molecule has 2 aromatic carbocycles. The molecule has 0 aliphatic heterocycles. The molecule has 0 spiro atoms. The summed E-state index contributed by atoms with van der Waals surface area (Å²) in [7, 11) is -2.51. The van der Waals surface area contributed by atoms with Gasteiger partial charge < -0.3 is 10.1 Å². The second-order valence-electron chi connectivity index (χ2n) is 5.62. The zero-order chi connectivity index (χ0) is 20.3. The van der Waals surface area contributed by atoms with E-state index in [-0.39, 0.29) is 13.0 Å². The van der Waals surface area contributed by atoms with Crippen LogP contribution in [0.15, 0.2) is 41.3 Å². The van der Waals surface area contributed by atoms with Gasteiger partial charge in [-0.05, 0) is 36.4 Å². The first-order chi connectivity index (χ1) is 13.3. The van der Waals surface area contributed by atoms with Crippen LogP contribution >= 0.6 is 11.3 Å². The molecule has 0 bridgehead atoms. The highest BCUT2D eigenvalue weighted by atomic mass is 32.2. The maximum atomic E-state index is 13.2. The molecular weight excluding hydrogens is 412 g/mol. The average molecular weight is 427 g/mol. The van der Waals surface area contributed by atoms with Crippen molar-refractivity contribution in [1.82, 2.24) is 9.71 Å². The number of halogens is 2. The lowest BCUT2D eigenvalue weighted by Crippen LogP contribution is -2.28. The van der Waals surface area contributed by atoms with Crippen LogP contribution in [0.2, 0.25) is 0 Å². The Morgan fingerprint density at radius 1 is 1.18 bits per heavy atom. The summed E-state index contributed by atoms with van der Waals surface area (Å²) >= 11 is 1.26. The van der Waals surface area contributed by atoms with Gasteiger partial charge in [0.05, 0.1) is 22.2 Å². The van der Waals surface area contributed by atoms with Crippen molar-refractivity contribution in [2.75, 3.05) is 19.0 Å². The normalized spacial score (nSPS) is 11.5. The fourth-order valence-electron chi connectivity index (χ4n) is 2.29. The summed E-state index contributed by atoms with van der Waals surface area (Å²) in [6.07, 6.45) is -0.165. The molecule has 0 unspecified atom stereocenters. The minimum Gasteiger partial charge on any atom is -0.497 e. The Hall–Kier alpha value is -2.63. The molecule has 1 aromatic heterocycles. The molecule has 11 heteroatoms. The summed E-state index contributed by atoms with van der Waals surface area (Å²) in [5, 5.41) is 2.97. The number of rotatable bonds is 7. The fourth-order valence-corrected chi connectivity index (χ4v) is 4.25. The first-order valence-corrected chi connectivity index (χ1v) is 10.3. The lowest BCUT2D eigenvalue weighted by atomic mass is 10.3. The van der Waals surface area contributed by atoms with E-state index in [0.29, 0.717) is 22.5 Å². The van der Waals surface area contributed by atoms with Crippen LogP contribution in [0.1, 0.15) is 6.42 Å². The van der Waals surface area contributed by atoms with E-state index in [9.17, 15) is 22.0 Å². The van der Waals surface area contributed by atoms with Crippen molar-refractivity contribution in [2.45, 2.75) is 11.3 Å². The fraction of sp³-hybridized carbons (Fsp3) is 0.176. The van der Waals surface area contributed by atoms with E-state index >= 15 is 0 Å². The lowest BCUT2D eigenvalue weighted by molar-refractivity contribution is -0.116. The van der Waals surface area contributed by atoms with Gasteiger partial charge in [0.25, 0.3) is 0 Å². The molecule has 3 aromatic rings. The van der Waals surface area contributed by atoms with Crippen LogP contribution < -0.4 is 14.8 Å². The van der Waals surface area contributed by atoms with Crippen LogP contribution in [-0.4, -0.2) is 33.0 Å². The van der Waals surface area contributed by atoms with Gasteiger partial charge in [-0.3, -0.25) is 4.79 Å². The van der Waals surface area contributed by atoms with E-state index in [4.69, 9.17) is 4.74 Å². The van der Waals surface area contributed by atoms with Crippen LogP contribution in [0.5, 0.6) is 5.75 Å². The Morgan fingerprint density at radius 3 is 2.68 bits per heavy atom. The summed E-state index contributed by atoms with van der Waals surface area (Å²) in [6, 6.07) is 7.54. The second-order valence-corrected chi connectivity index (χ2v) is 8.42. The highest BCUT2D eigenvalue weighted by Crippen LogP contribution is 2.29. The first-order valence-electron chi connectivity index (χ1n) is 7.97. The van der Waals surface area contributed by atoms with Crippen molar-refractivity contribution < 1.29 is 26.7 Å². The Labute approximate surface area is 163 Å². The molecule has 3 rings (SSSR count). The predicted octanol–water partition coefficient (Wildman–Crippen LogP) is 2.89. The molecule has 0 radical (unpaired) electrons. The van der Waals surface area contributed by atoms with Gasteiger partial charge in [0.1, 0.15) is 5.75 Å². The minimum absolute atomic E-state index is 0.165. The zero-order valence-electron chi connectivity index (χ0n) is 14.5. The number of ether oxygens (including phenoxy) is 1. The third-order valence-corrected chi connectivity index (χ3v) is 6.08. The molecule has 0 aliphatic rings. The number of benzene rings is 2. The topological polar surface area (TPSA) is 97.4 Å². The molecule has 28 heavy (non-hydrogen) atoms. The number of amides is 1. The van der Waals surface area contributed by atoms with E-state index in [1.165, 1.54) is 11.3 Å². The van der Waals surface area contributed by atoms with E-state index in [2.05, 4.69) is 15.0 Å². The summed E-state index contributed by atoms with van der Waals surface area (Å²) in [5.74, 6) is -2.19. The second kappa shape index (κ2) is 8.17. The maximum Gasteiger partial charge on any atom is 0.240 e. The third-order valence-electron chi connectivity index (χ3n) is 3.69. The largest absolute Gasteiger partial charge is 0.497 e. The van der Waals surface area contributed by atoms with Crippen LogP contribution in [-0.2, 0) is 14.8 Å². The van der Waals surface area contributed by atoms with Gasteiger partial charge >= 0.3 is 0 Å². The number of carbonyl (C=O) groups is 1. The summed E-state index contributed by atoms with van der Waals surface area (Å²) in [5.41, 5.74) is 0.695. The number of thiazole rings is 1. The number of fused-ring (bicyclic) bond motifs is 1. The van der Waals surface area contributed by atoms with Crippen molar-refractivity contribution in [1.29, 1.82) is 0 Å². The number of anilines is 1. The van der Waals surface area contributed by atoms with Gasteiger partial charge in [0, 0.05) is 13.0 Å². The number of nitrogens with one attached hydrogen (secondary N) is 2. The number of sulfonamides is 1. The summed E-state index contributed by atoms with van der Waals surface area (Å²) < 4.78 is 58.4. The van der Waals surface area contributed by atoms with Crippen molar-refractivity contribution in [3.05, 3.63) is 48.0 Å². The molecular formula is C17H15F2N3O4S2. The standard InChI is InChI=1S/C17H15F2N3O4S2/c1-26-10-2-5-14-15(8-10)27-17(21-14)22-16(23)6-7-20-28(24,25)11-3-4-12(18)13(19)9-11/h2-5,8-9,20H,6-7H2,1H3,(H,21,22,23). The molecule has 0 saturated heterocycles. The van der Waals surface area contributed by atoms with Gasteiger partial charge in [-0.25, -0.2) is 26.9 Å². The third kappa shape index (κ3) is 4.61. The minimum atomic E-state index is -4.06. The summed E-state index contributed by atoms with van der Waals surface area (Å²) in [6.45, 7) is -0.216. The number of carbonyl (C=O) groups excluding carboxylic acids is 1. The Kier molecular flexibility index (Phi) is 5.87. The van der Waals surface area contributed by atoms with Crippen LogP contribution in [0.4, 0.5) is 13.9 Å². The monoisotopic (exact) mass is 427 g/mol. The molecule has 0 atom stereocenters. The number of aromatic nitrogens is 1. The first kappa shape index (κ1) is 20.1. The number of hydrogen-bond acceptors (Lipinski definition) is 6. The van der Waals surface area contributed by atoms with Gasteiger partial charge in [-0.1, -0.05) is 11.3 Å². The molecule has 0 aliphatic carbocycles. The average Bonchev–Trinajstić information content (AvgIpc) is 3.04. The zero-order valence-corrected chi connectivity index (χ0v) is 16.2. The number of nitrogens with zero attached hydrogens (tertiary/aromatic N) is 1. The van der Waals surface area contributed by atoms with Crippen LogP contribution in [0, 0.1) is 11.6 Å². The molecule has 1 amide bonds. The van der Waals surface area contributed by atoms with Gasteiger partial charge in [-0.2, -0.15) is 0 Å². The van der Waals surface area contributed by atoms with E-state index < -0.39 is 32.5 Å². The predicted molar refractivity (Wildman–Crippen MR) is 101 cm³/mol. The van der Waals surface area contributed by atoms with Gasteiger partial charge in [0.15, 0.2) is 16.8 Å². The van der Waals surface area contributed by atoms with Crippen LogP contribution in [0.25, 0.3) is 10.2 Å². The molecule has 148 valence electrons. The molecule has 0 saturated carbocycles. The SMILES string of the molecule is COc1ccc2nc(NC(=O)CCNS(=O)(=O)c3ccc(F)c(F)c3)sc2c1. The molecule has 1 heterocycles. The highest BCUT2D eigenvalue weighted by molar-refractivity contribution is 7.89. The van der Waals surface area contributed by atoms with Crippen molar-refractivity contribution in [3.8, 4) is 5.75 Å². The Balaban J connectivity index is 1.57. The van der Waals surface area contributed by atoms with Crippen LogP contribution in [0.3, 0.4) is 0 Å². The van der Waals surface area contributed by atoms with E-state index in [1.54, 1.807) is 25.3 Å². The molecule has 2 N–H and O–H groups in total. The highest BCUT2D eigenvalue weighted by Gasteiger charge is 2.17. The van der Waals surface area contributed by atoms with Crippen molar-refractivity contribution in [3.63, 3.8) is 0 Å². The van der Waals surface area contributed by atoms with E-state index in [0.717, 1.165) is 16.8 Å². The van der Waals surface area contributed by atoms with Crippen molar-refractivity contribution >= 4 is 42.6 Å². The van der Waals surface area contributed by atoms with Crippen molar-refractivity contribution in [2.24, 2.45) is 0 Å². The van der Waals surface area contributed by atoms with E-state index in [1.807, 2.05) is 0 Å². The van der Waals surface area contributed by atoms with Gasteiger partial charge in [0.2, 0.25) is 15.9 Å². The smallest absolute Gasteiger partial charge is 0.240 e. The molecule has 7 nitrogen and oxygen atoms in total. The summed E-state index contributed by atoms with van der Waals surface area (Å²) in [4.78, 5) is 15.9. The maximum absolute atomic E-state index is 13.2. The Morgan fingerprint density at radius 2 is 1.96 bits per heavy atom. The number of methoxy groups -OCH3 is 1. The quantitative estimate of drug-likeness (QED) is 0.604.